The molecular weight excluding hydrogens is 517 g/mol. The summed E-state index contributed by atoms with van der Waals surface area (Å²) in [4.78, 5) is 30.7. The molecule has 1 aliphatic carbocycles. The van der Waals surface area contributed by atoms with Crippen LogP contribution in [0.2, 0.25) is 0 Å². The summed E-state index contributed by atoms with van der Waals surface area (Å²) in [6, 6.07) is 17.1. The number of imide groups is 1. The monoisotopic (exact) mass is 573 g/mol. The van der Waals surface area contributed by atoms with Crippen molar-refractivity contribution in [2.75, 3.05) is 20.1 Å². The predicted octanol–water partition coefficient (Wildman–Crippen LogP) is 7.09. The first-order valence-corrected chi connectivity index (χ1v) is 15.0. The van der Waals surface area contributed by atoms with Gasteiger partial charge in [0, 0.05) is 19.9 Å². The second-order valence-electron chi connectivity index (χ2n) is 10.3. The summed E-state index contributed by atoms with van der Waals surface area (Å²) in [6.45, 7) is 14.5. The zero-order valence-electron chi connectivity index (χ0n) is 26.6. The molecular formula is C34H56FN3O3. The summed E-state index contributed by atoms with van der Waals surface area (Å²) in [5.41, 5.74) is 7.39. The molecule has 7 heteroatoms. The lowest BCUT2D eigenvalue weighted by atomic mass is 10.0. The van der Waals surface area contributed by atoms with Gasteiger partial charge in [0.15, 0.2) is 0 Å². The zero-order valence-corrected chi connectivity index (χ0v) is 26.6. The first-order valence-electron chi connectivity index (χ1n) is 15.0. The average Bonchev–Trinajstić information content (AvgIpc) is 3.82. The number of carbonyl (C=O) groups excluding carboxylic acids is 3. The van der Waals surface area contributed by atoms with Gasteiger partial charge in [0.05, 0.1) is 0 Å². The fourth-order valence-electron chi connectivity index (χ4n) is 3.04. The van der Waals surface area contributed by atoms with E-state index in [9.17, 15) is 18.8 Å². The molecule has 0 spiro atoms. The third-order valence-electron chi connectivity index (χ3n) is 6.21. The third-order valence-corrected chi connectivity index (χ3v) is 6.21. The Morgan fingerprint density at radius 1 is 1.02 bits per heavy atom. The molecule has 41 heavy (non-hydrogen) atoms. The lowest BCUT2D eigenvalue weighted by molar-refractivity contribution is -0.134. The van der Waals surface area contributed by atoms with Gasteiger partial charge in [-0.25, -0.2) is 4.39 Å². The lowest BCUT2D eigenvalue weighted by Gasteiger charge is -2.02. The molecule has 1 fully saturated rings. The number of primary amides is 1. The summed E-state index contributed by atoms with van der Waals surface area (Å²) < 4.78 is 12.1. The van der Waals surface area contributed by atoms with Crippen LogP contribution in [-0.2, 0) is 20.8 Å². The highest BCUT2D eigenvalue weighted by molar-refractivity contribution is 5.83. The molecule has 3 amide bonds. The Bertz CT molecular complexity index is 882. The van der Waals surface area contributed by atoms with Crippen molar-refractivity contribution in [3.05, 3.63) is 71.5 Å². The van der Waals surface area contributed by atoms with Crippen molar-refractivity contribution in [2.45, 2.75) is 92.9 Å². The van der Waals surface area contributed by atoms with Gasteiger partial charge >= 0.3 is 0 Å². The van der Waals surface area contributed by atoms with Gasteiger partial charge in [-0.2, -0.15) is 0 Å². The van der Waals surface area contributed by atoms with Crippen molar-refractivity contribution in [3.8, 4) is 0 Å². The van der Waals surface area contributed by atoms with Crippen LogP contribution in [0.25, 0.3) is 0 Å². The van der Waals surface area contributed by atoms with Crippen LogP contribution in [0.4, 0.5) is 4.39 Å². The second-order valence-corrected chi connectivity index (χ2v) is 10.3. The summed E-state index contributed by atoms with van der Waals surface area (Å²) in [7, 11) is 1.41. The number of amides is 3. The van der Waals surface area contributed by atoms with Crippen molar-refractivity contribution in [1.82, 2.24) is 10.2 Å². The van der Waals surface area contributed by atoms with Crippen molar-refractivity contribution in [3.63, 3.8) is 0 Å². The first kappa shape index (κ1) is 40.1. The van der Waals surface area contributed by atoms with Crippen LogP contribution in [0.15, 0.2) is 54.6 Å². The molecule has 1 saturated carbocycles. The number of halogens is 1. The van der Waals surface area contributed by atoms with E-state index < -0.39 is 0 Å². The molecule has 3 rings (SSSR count). The lowest BCUT2D eigenvalue weighted by Crippen LogP contribution is -2.21. The van der Waals surface area contributed by atoms with Crippen LogP contribution in [-0.4, -0.2) is 43.3 Å². The Morgan fingerprint density at radius 3 is 1.93 bits per heavy atom. The van der Waals surface area contributed by atoms with E-state index in [0.29, 0.717) is 6.41 Å². The first-order chi connectivity index (χ1) is 19.5. The van der Waals surface area contributed by atoms with E-state index in [1.165, 1.54) is 70.2 Å². The molecule has 0 saturated heterocycles. The van der Waals surface area contributed by atoms with Gasteiger partial charge in [-0.05, 0) is 75.7 Å². The Morgan fingerprint density at radius 2 is 1.61 bits per heavy atom. The Labute approximate surface area is 249 Å². The highest BCUT2D eigenvalue weighted by Gasteiger charge is 2.26. The Kier molecular flexibility index (Phi) is 26.5. The maximum absolute atomic E-state index is 12.1. The van der Waals surface area contributed by atoms with Gasteiger partial charge in [0.1, 0.15) is 5.82 Å². The SMILES string of the molecule is CC(=O)N(C)C=O.CCCC(C)CC.CCCNCCCc1ccccc1.Cc1ccc(F)cc1.NC(=O)C1CC1. The molecule has 232 valence electrons. The Balaban J connectivity index is 0. The van der Waals surface area contributed by atoms with Crippen LogP contribution in [0.1, 0.15) is 90.7 Å². The number of hydrogen-bond acceptors (Lipinski definition) is 4. The minimum absolute atomic E-state index is 0.130. The zero-order chi connectivity index (χ0) is 31.5. The van der Waals surface area contributed by atoms with Gasteiger partial charge in [0.2, 0.25) is 18.2 Å². The number of aryl methyl sites for hydroxylation is 2. The number of carbonyl (C=O) groups is 3. The highest BCUT2D eigenvalue weighted by Crippen LogP contribution is 2.27. The van der Waals surface area contributed by atoms with E-state index in [1.807, 2.05) is 6.92 Å². The highest BCUT2D eigenvalue weighted by atomic mass is 19.1. The molecule has 0 aliphatic heterocycles. The van der Waals surface area contributed by atoms with Gasteiger partial charge in [-0.15, -0.1) is 0 Å². The number of nitrogens with two attached hydrogens (primary N) is 1. The van der Waals surface area contributed by atoms with Crippen LogP contribution in [0.5, 0.6) is 0 Å². The smallest absolute Gasteiger partial charge is 0.225 e. The molecule has 0 radical (unpaired) electrons. The van der Waals surface area contributed by atoms with Crippen LogP contribution >= 0.6 is 0 Å². The normalized spacial score (nSPS) is 11.8. The van der Waals surface area contributed by atoms with Gasteiger partial charge in [-0.1, -0.05) is 95.0 Å². The van der Waals surface area contributed by atoms with Gasteiger partial charge < -0.3 is 11.1 Å². The minimum Gasteiger partial charge on any atom is -0.369 e. The molecule has 0 aromatic heterocycles. The Hall–Kier alpha value is -3.06. The van der Waals surface area contributed by atoms with Crippen LogP contribution < -0.4 is 11.1 Å². The number of hydrogen-bond donors (Lipinski definition) is 2. The summed E-state index contributed by atoms with van der Waals surface area (Å²) in [5.74, 6) is 0.649. The standard InChI is InChI=1S/C12H19N.C7H7F.C7H16.C4H7NO2.C4H7NO/c1-2-10-13-11-6-9-12-7-4-3-5-8-12;1-6-2-4-7(8)5-3-6;1-4-6-7(3)5-2;1-4(7)5(2)3-6;5-4(6)3-1-2-3/h3-5,7-8,13H,2,6,9-11H2,1H3;2-5H,1H3;7H,4-6H2,1-3H3;3H,1-2H3;3H,1-2H2,(H2,5,6). The van der Waals surface area contributed by atoms with Crippen LogP contribution in [0.3, 0.4) is 0 Å². The molecule has 6 nitrogen and oxygen atoms in total. The predicted molar refractivity (Wildman–Crippen MR) is 170 cm³/mol. The molecule has 3 N–H and O–H groups in total. The second kappa shape index (κ2) is 27.1. The number of nitrogens with one attached hydrogen (secondary N) is 1. The molecule has 0 heterocycles. The number of nitrogens with zero attached hydrogens (tertiary/aromatic N) is 1. The molecule has 1 unspecified atom stereocenters. The van der Waals surface area contributed by atoms with Crippen molar-refractivity contribution < 1.29 is 18.8 Å². The molecule has 1 atom stereocenters. The van der Waals surface area contributed by atoms with Crippen molar-refractivity contribution in [2.24, 2.45) is 17.6 Å². The van der Waals surface area contributed by atoms with Gasteiger partial charge in [0.25, 0.3) is 0 Å². The molecule has 0 bridgehead atoms. The molecule has 2 aromatic carbocycles. The largest absolute Gasteiger partial charge is 0.369 e. The van der Waals surface area contributed by atoms with E-state index in [0.717, 1.165) is 42.3 Å². The maximum atomic E-state index is 12.1. The minimum atomic E-state index is -0.241. The van der Waals surface area contributed by atoms with E-state index >= 15 is 0 Å². The van der Waals surface area contributed by atoms with Crippen molar-refractivity contribution in [1.29, 1.82) is 0 Å². The van der Waals surface area contributed by atoms with Gasteiger partial charge in [-0.3, -0.25) is 19.3 Å². The summed E-state index contributed by atoms with van der Waals surface area (Å²) in [5, 5.41) is 3.41. The van der Waals surface area contributed by atoms with E-state index in [-0.39, 0.29) is 23.5 Å². The number of benzene rings is 2. The third kappa shape index (κ3) is 28.3. The number of rotatable bonds is 11. The average molecular weight is 574 g/mol. The topological polar surface area (TPSA) is 92.5 Å². The maximum Gasteiger partial charge on any atom is 0.225 e. The molecule has 2 aromatic rings. The van der Waals surface area contributed by atoms with Crippen LogP contribution in [0, 0.1) is 24.6 Å². The van der Waals surface area contributed by atoms with E-state index in [2.05, 4.69) is 63.3 Å². The summed E-state index contributed by atoms with van der Waals surface area (Å²) >= 11 is 0. The fraction of sp³-hybridized carbons (Fsp3) is 0.559. The van der Waals surface area contributed by atoms with E-state index in [4.69, 9.17) is 5.73 Å². The summed E-state index contributed by atoms with van der Waals surface area (Å²) in [6.07, 6.45) is 10.3. The fourth-order valence-corrected chi connectivity index (χ4v) is 3.04. The van der Waals surface area contributed by atoms with Crippen molar-refractivity contribution >= 4 is 18.2 Å². The quantitative estimate of drug-likeness (QED) is 0.222. The molecule has 1 aliphatic rings. The van der Waals surface area contributed by atoms with E-state index in [1.54, 1.807) is 12.1 Å².